The highest BCUT2D eigenvalue weighted by atomic mass is 19.1. The van der Waals surface area contributed by atoms with E-state index in [1.54, 1.807) is 0 Å². The van der Waals surface area contributed by atoms with Crippen LogP contribution in [0.25, 0.3) is 0 Å². The standard InChI is InChI=1S/C7H10N2.C6H3F2NO2/c1-5-2-3-6(8)7(9)4-5;7-4-1-2-6(9(10)11)5(8)3-4/h2-4H,8-9H2,1H3;1-3H. The van der Waals surface area contributed by atoms with Crippen molar-refractivity contribution in [1.82, 2.24) is 0 Å². The highest BCUT2D eigenvalue weighted by Crippen LogP contribution is 2.16. The largest absolute Gasteiger partial charge is 0.397 e. The minimum absolute atomic E-state index is 0.470. The molecule has 5 nitrogen and oxygen atoms in total. The third kappa shape index (κ3) is 4.20. The number of nitrogen functional groups attached to an aromatic ring is 2. The predicted octanol–water partition coefficient (Wildman–Crippen LogP) is 3.03. The molecule has 0 aliphatic carbocycles. The van der Waals surface area contributed by atoms with Crippen LogP contribution < -0.4 is 11.5 Å². The zero-order valence-corrected chi connectivity index (χ0v) is 10.6. The summed E-state index contributed by atoms with van der Waals surface area (Å²) in [6.45, 7) is 1.98. The van der Waals surface area contributed by atoms with Gasteiger partial charge in [0.1, 0.15) is 5.82 Å². The van der Waals surface area contributed by atoms with E-state index < -0.39 is 22.2 Å². The predicted molar refractivity (Wildman–Crippen MR) is 73.0 cm³/mol. The Morgan fingerprint density at radius 3 is 2.15 bits per heavy atom. The zero-order chi connectivity index (χ0) is 15.3. The lowest BCUT2D eigenvalue weighted by atomic mass is 10.2. The molecule has 2 rings (SSSR count). The molecule has 0 radical (unpaired) electrons. The van der Waals surface area contributed by atoms with Crippen LogP contribution >= 0.6 is 0 Å². The van der Waals surface area contributed by atoms with E-state index in [2.05, 4.69) is 0 Å². The summed E-state index contributed by atoms with van der Waals surface area (Å²) in [5, 5.41) is 9.98. The van der Waals surface area contributed by atoms with Crippen LogP contribution in [-0.4, -0.2) is 4.92 Å². The molecule has 0 spiro atoms. The average molecular weight is 281 g/mol. The molecule has 0 unspecified atom stereocenters. The Morgan fingerprint density at radius 1 is 1.05 bits per heavy atom. The first-order valence-corrected chi connectivity index (χ1v) is 5.52. The van der Waals surface area contributed by atoms with Crippen molar-refractivity contribution in [3.05, 3.63) is 63.7 Å². The van der Waals surface area contributed by atoms with E-state index >= 15 is 0 Å². The van der Waals surface area contributed by atoms with Crippen molar-refractivity contribution in [1.29, 1.82) is 0 Å². The van der Waals surface area contributed by atoms with Gasteiger partial charge in [0.05, 0.1) is 16.3 Å². The normalized spacial score (nSPS) is 9.55. The number of nitrogens with zero attached hydrogens (tertiary/aromatic N) is 1. The number of nitro groups is 1. The van der Waals surface area contributed by atoms with E-state index in [4.69, 9.17) is 11.5 Å². The summed E-state index contributed by atoms with van der Waals surface area (Å²) >= 11 is 0. The van der Waals surface area contributed by atoms with Gasteiger partial charge in [0.15, 0.2) is 0 Å². The maximum Gasteiger partial charge on any atom is 0.304 e. The van der Waals surface area contributed by atoms with Gasteiger partial charge in [-0.25, -0.2) is 4.39 Å². The first-order valence-electron chi connectivity index (χ1n) is 5.52. The van der Waals surface area contributed by atoms with Gasteiger partial charge in [-0.3, -0.25) is 10.1 Å². The summed E-state index contributed by atoms with van der Waals surface area (Å²) in [5.41, 5.74) is 12.7. The molecule has 0 aliphatic rings. The molecule has 20 heavy (non-hydrogen) atoms. The fourth-order valence-corrected chi connectivity index (χ4v) is 1.32. The molecule has 106 valence electrons. The lowest BCUT2D eigenvalue weighted by Crippen LogP contribution is -1.93. The molecule has 0 saturated carbocycles. The van der Waals surface area contributed by atoms with Crippen LogP contribution in [0.1, 0.15) is 5.56 Å². The molecule has 0 saturated heterocycles. The number of rotatable bonds is 1. The van der Waals surface area contributed by atoms with Crippen molar-refractivity contribution in [3.8, 4) is 0 Å². The van der Waals surface area contributed by atoms with Crippen molar-refractivity contribution < 1.29 is 13.7 Å². The van der Waals surface area contributed by atoms with Gasteiger partial charge in [-0.2, -0.15) is 4.39 Å². The smallest absolute Gasteiger partial charge is 0.304 e. The van der Waals surface area contributed by atoms with E-state index in [0.717, 1.165) is 17.7 Å². The number of anilines is 2. The average Bonchev–Trinajstić information content (AvgIpc) is 2.34. The molecule has 0 fully saturated rings. The quantitative estimate of drug-likeness (QED) is 0.477. The number of aryl methyl sites for hydroxylation is 1. The van der Waals surface area contributed by atoms with E-state index in [-0.39, 0.29) is 0 Å². The Kier molecular flexibility index (Phi) is 4.96. The first-order chi connectivity index (χ1) is 9.31. The van der Waals surface area contributed by atoms with Crippen LogP contribution in [0.2, 0.25) is 0 Å². The molecular weight excluding hydrogens is 268 g/mol. The van der Waals surface area contributed by atoms with Gasteiger partial charge < -0.3 is 11.5 Å². The lowest BCUT2D eigenvalue weighted by Gasteiger charge is -1.98. The monoisotopic (exact) mass is 281 g/mol. The number of benzene rings is 2. The summed E-state index contributed by atoms with van der Waals surface area (Å²) in [7, 11) is 0. The van der Waals surface area contributed by atoms with Crippen molar-refractivity contribution >= 4 is 17.1 Å². The first kappa shape index (κ1) is 15.4. The molecule has 7 heteroatoms. The Morgan fingerprint density at radius 2 is 1.70 bits per heavy atom. The van der Waals surface area contributed by atoms with Crippen LogP contribution in [0.15, 0.2) is 36.4 Å². The molecule has 2 aromatic rings. The van der Waals surface area contributed by atoms with E-state index in [1.807, 2.05) is 25.1 Å². The van der Waals surface area contributed by atoms with Gasteiger partial charge in [-0.15, -0.1) is 0 Å². The number of halogens is 2. The Balaban J connectivity index is 0.000000204. The van der Waals surface area contributed by atoms with Gasteiger partial charge in [0, 0.05) is 12.1 Å². The maximum absolute atomic E-state index is 12.4. The number of hydrogen-bond donors (Lipinski definition) is 2. The van der Waals surface area contributed by atoms with Gasteiger partial charge in [0.2, 0.25) is 5.82 Å². The lowest BCUT2D eigenvalue weighted by molar-refractivity contribution is -0.387. The second-order valence-corrected chi connectivity index (χ2v) is 3.99. The molecule has 4 N–H and O–H groups in total. The SMILES string of the molecule is Cc1ccc(N)c(N)c1.O=[N+]([O-])c1ccc(F)cc1F. The van der Waals surface area contributed by atoms with E-state index in [9.17, 15) is 18.9 Å². The third-order valence-electron chi connectivity index (χ3n) is 2.35. The number of hydrogen-bond acceptors (Lipinski definition) is 4. The molecule has 0 bridgehead atoms. The molecular formula is C13H13F2N3O2. The summed E-state index contributed by atoms with van der Waals surface area (Å²) in [6, 6.07) is 7.69. The van der Waals surface area contributed by atoms with E-state index in [1.165, 1.54) is 0 Å². The third-order valence-corrected chi connectivity index (χ3v) is 2.35. The van der Waals surface area contributed by atoms with Crippen LogP contribution in [0, 0.1) is 28.7 Å². The molecule has 2 aromatic carbocycles. The Labute approximate surface area is 114 Å². The molecule has 0 atom stereocenters. The summed E-state index contributed by atoms with van der Waals surface area (Å²) in [5.74, 6) is -1.98. The van der Waals surface area contributed by atoms with Gasteiger partial charge in [0.25, 0.3) is 0 Å². The highest BCUT2D eigenvalue weighted by molar-refractivity contribution is 5.63. The minimum atomic E-state index is -1.16. The van der Waals surface area contributed by atoms with Crippen molar-refractivity contribution in [3.63, 3.8) is 0 Å². The highest BCUT2D eigenvalue weighted by Gasteiger charge is 2.12. The second kappa shape index (κ2) is 6.46. The fraction of sp³-hybridized carbons (Fsp3) is 0.0769. The topological polar surface area (TPSA) is 95.2 Å². The van der Waals surface area contributed by atoms with Crippen molar-refractivity contribution in [2.75, 3.05) is 11.5 Å². The van der Waals surface area contributed by atoms with Crippen LogP contribution in [0.5, 0.6) is 0 Å². The van der Waals surface area contributed by atoms with E-state index in [0.29, 0.717) is 17.4 Å². The second-order valence-electron chi connectivity index (χ2n) is 3.99. The van der Waals surface area contributed by atoms with Crippen LogP contribution in [0.4, 0.5) is 25.8 Å². The van der Waals surface area contributed by atoms with Gasteiger partial charge in [-0.1, -0.05) is 6.07 Å². The number of nitro benzene ring substituents is 1. The minimum Gasteiger partial charge on any atom is -0.397 e. The Hall–Kier alpha value is -2.70. The molecule has 0 aromatic heterocycles. The van der Waals surface area contributed by atoms with Crippen LogP contribution in [0.3, 0.4) is 0 Å². The molecule has 0 aliphatic heterocycles. The van der Waals surface area contributed by atoms with Crippen molar-refractivity contribution in [2.45, 2.75) is 6.92 Å². The van der Waals surface area contributed by atoms with Crippen molar-refractivity contribution in [2.24, 2.45) is 0 Å². The number of nitrogens with two attached hydrogens (primary N) is 2. The fourth-order valence-electron chi connectivity index (χ4n) is 1.32. The zero-order valence-electron chi connectivity index (χ0n) is 10.6. The van der Waals surface area contributed by atoms with Gasteiger partial charge >= 0.3 is 5.69 Å². The van der Waals surface area contributed by atoms with Gasteiger partial charge in [-0.05, 0) is 30.7 Å². The molecule has 0 amide bonds. The van der Waals surface area contributed by atoms with Crippen LogP contribution in [-0.2, 0) is 0 Å². The summed E-state index contributed by atoms with van der Waals surface area (Å²) in [4.78, 5) is 9.07. The molecule has 0 heterocycles. The summed E-state index contributed by atoms with van der Waals surface area (Å²) < 4.78 is 24.6. The summed E-state index contributed by atoms with van der Waals surface area (Å²) in [6.07, 6.45) is 0. The maximum atomic E-state index is 12.4. The Bertz CT molecular complexity index is 633.